The Bertz CT molecular complexity index is 633. The first-order valence-electron chi connectivity index (χ1n) is 15.4. The summed E-state index contributed by atoms with van der Waals surface area (Å²) in [5.41, 5.74) is -3.68. The van der Waals surface area contributed by atoms with Gasteiger partial charge in [0.1, 0.15) is 11.4 Å². The molecular weight excluding hydrogens is 482 g/mol. The van der Waals surface area contributed by atoms with Gasteiger partial charge >= 0.3 is 5.97 Å². The maximum atomic E-state index is 12.8. The van der Waals surface area contributed by atoms with Crippen molar-refractivity contribution in [3.63, 3.8) is 0 Å². The molecule has 0 spiro atoms. The fourth-order valence-corrected chi connectivity index (χ4v) is 6.50. The van der Waals surface area contributed by atoms with Crippen LogP contribution in [0, 0.1) is 5.41 Å². The fourth-order valence-electron chi connectivity index (χ4n) is 6.50. The third-order valence-corrected chi connectivity index (χ3v) is 8.36. The molecule has 0 radical (unpaired) electrons. The van der Waals surface area contributed by atoms with Crippen LogP contribution in [-0.2, 0) is 9.59 Å². The largest absolute Gasteiger partial charge is 0.544 e. The molecule has 0 bridgehead atoms. The van der Waals surface area contributed by atoms with Crippen LogP contribution in [0.25, 0.3) is 0 Å². The molecule has 0 rings (SSSR count). The quantitative estimate of drug-likeness (QED) is 0.104. The van der Waals surface area contributed by atoms with E-state index in [1.54, 1.807) is 21.1 Å². The molecule has 226 valence electrons. The van der Waals surface area contributed by atoms with Crippen LogP contribution in [0.3, 0.4) is 0 Å². The van der Waals surface area contributed by atoms with Gasteiger partial charge in [-0.3, -0.25) is 4.79 Å². The predicted molar refractivity (Wildman–Crippen MR) is 153 cm³/mol. The molecule has 0 heterocycles. The molecule has 0 aliphatic carbocycles. The van der Waals surface area contributed by atoms with Crippen LogP contribution in [0.1, 0.15) is 143 Å². The van der Waals surface area contributed by atoms with Gasteiger partial charge in [0.2, 0.25) is 0 Å². The summed E-state index contributed by atoms with van der Waals surface area (Å²) < 4.78 is -0.167. The lowest BCUT2D eigenvalue weighted by atomic mass is 9.59. The lowest BCUT2D eigenvalue weighted by Gasteiger charge is -2.56. The normalized spacial score (nSPS) is 16.9. The molecule has 0 aliphatic heterocycles. The predicted octanol–water partition coefficient (Wildman–Crippen LogP) is 5.45. The molecule has 0 fully saturated rings. The summed E-state index contributed by atoms with van der Waals surface area (Å²) in [5, 5.41) is 43.6. The second-order valence-electron chi connectivity index (χ2n) is 12.7. The number of hydrogen-bond acceptors (Lipinski definition) is 5. The number of aliphatic hydroxyl groups excluding tert-OH is 2. The molecule has 7 heteroatoms. The average Bonchev–Trinajstić information content (AvgIpc) is 2.78. The minimum absolute atomic E-state index is 0.114. The summed E-state index contributed by atoms with van der Waals surface area (Å²) in [6, 6.07) is 0. The van der Waals surface area contributed by atoms with Crippen LogP contribution >= 0.6 is 0 Å². The van der Waals surface area contributed by atoms with Gasteiger partial charge in [0.25, 0.3) is 0 Å². The standard InChI is InChI=1S/C31H61NO6/c1-7-8-9-10-11-12-13-14-15-16-17-18-19-20-21-22-23-31(29(37)38,32(4,5)6)30(28(35)36,24-26(2)33)25-27(3)34/h26-27,33-34H,7-25H2,1-6H3,(H-,35,36,37,38). The van der Waals surface area contributed by atoms with Crippen molar-refractivity contribution in [1.29, 1.82) is 0 Å². The van der Waals surface area contributed by atoms with E-state index in [2.05, 4.69) is 6.92 Å². The number of rotatable bonds is 25. The molecule has 3 atom stereocenters. The smallest absolute Gasteiger partial charge is 0.316 e. The Kier molecular flexibility index (Phi) is 18.4. The van der Waals surface area contributed by atoms with Crippen molar-refractivity contribution < 1.29 is 34.5 Å². The maximum Gasteiger partial charge on any atom is 0.316 e. The molecule has 0 aromatic carbocycles. The minimum Gasteiger partial charge on any atom is -0.544 e. The minimum atomic E-state index is -1.87. The van der Waals surface area contributed by atoms with E-state index in [0.717, 1.165) is 19.3 Å². The number of aliphatic hydroxyl groups is 2. The Morgan fingerprint density at radius 2 is 1.00 bits per heavy atom. The van der Waals surface area contributed by atoms with Gasteiger partial charge < -0.3 is 29.7 Å². The second-order valence-corrected chi connectivity index (χ2v) is 12.7. The van der Waals surface area contributed by atoms with Crippen molar-refractivity contribution >= 4 is 11.9 Å². The zero-order chi connectivity index (χ0) is 29.2. The van der Waals surface area contributed by atoms with Crippen molar-refractivity contribution in [2.24, 2.45) is 5.41 Å². The lowest BCUT2D eigenvalue weighted by molar-refractivity contribution is -0.924. The van der Waals surface area contributed by atoms with Crippen LogP contribution in [0.4, 0.5) is 0 Å². The molecule has 3 unspecified atom stereocenters. The van der Waals surface area contributed by atoms with Crippen molar-refractivity contribution in [2.75, 3.05) is 21.1 Å². The van der Waals surface area contributed by atoms with E-state index in [0.29, 0.717) is 6.42 Å². The molecule has 7 nitrogen and oxygen atoms in total. The number of carboxylic acids is 2. The fraction of sp³-hybridized carbons (Fsp3) is 0.935. The number of aliphatic carboxylic acids is 2. The molecule has 0 saturated carbocycles. The maximum absolute atomic E-state index is 12.8. The number of carboxylic acid groups (broad SMARTS) is 2. The summed E-state index contributed by atoms with van der Waals surface area (Å²) >= 11 is 0. The van der Waals surface area contributed by atoms with E-state index in [4.69, 9.17) is 0 Å². The number of carbonyl (C=O) groups is 2. The van der Waals surface area contributed by atoms with E-state index in [9.17, 15) is 30.0 Å². The van der Waals surface area contributed by atoms with Crippen LogP contribution < -0.4 is 5.11 Å². The van der Waals surface area contributed by atoms with E-state index in [1.807, 2.05) is 0 Å². The highest BCUT2D eigenvalue weighted by atomic mass is 16.4. The van der Waals surface area contributed by atoms with E-state index in [1.165, 1.54) is 90.9 Å². The topological polar surface area (TPSA) is 118 Å². The summed E-state index contributed by atoms with van der Waals surface area (Å²) in [7, 11) is 5.01. The zero-order valence-electron chi connectivity index (χ0n) is 25.6. The second kappa shape index (κ2) is 19.0. The molecule has 3 N–H and O–H groups in total. The lowest BCUT2D eigenvalue weighted by Crippen LogP contribution is -2.76. The van der Waals surface area contributed by atoms with Gasteiger partial charge in [-0.1, -0.05) is 103 Å². The van der Waals surface area contributed by atoms with Gasteiger partial charge in [0.05, 0.1) is 33.4 Å². The summed E-state index contributed by atoms with van der Waals surface area (Å²) in [6.07, 6.45) is 16.7. The first-order valence-corrected chi connectivity index (χ1v) is 15.4. The first-order chi connectivity index (χ1) is 17.8. The molecule has 0 aromatic heterocycles. The Morgan fingerprint density at radius 3 is 1.24 bits per heavy atom. The van der Waals surface area contributed by atoms with E-state index < -0.39 is 35.1 Å². The number of likely N-dealkylation sites (N-methyl/N-ethyl adjacent to an activating group) is 1. The SMILES string of the molecule is CCCCCCCCCCCCCCCCCCC(C(=O)[O-])(C(CC(C)O)(CC(C)O)C(=O)O)[N+](C)(C)C. The Hall–Kier alpha value is -1.18. The average molecular weight is 544 g/mol. The third kappa shape index (κ3) is 11.9. The van der Waals surface area contributed by atoms with Crippen molar-refractivity contribution in [3.8, 4) is 0 Å². The molecule has 0 amide bonds. The number of quaternary nitrogens is 1. The summed E-state index contributed by atoms with van der Waals surface area (Å²) in [6.45, 7) is 5.18. The van der Waals surface area contributed by atoms with Crippen LogP contribution in [0.5, 0.6) is 0 Å². The van der Waals surface area contributed by atoms with E-state index >= 15 is 0 Å². The van der Waals surface area contributed by atoms with Crippen molar-refractivity contribution in [2.45, 2.75) is 161 Å². The van der Waals surface area contributed by atoms with Gasteiger partial charge in [-0.25, -0.2) is 0 Å². The molecular formula is C31H61NO6. The Labute approximate surface area is 233 Å². The Morgan fingerprint density at radius 1 is 0.684 bits per heavy atom. The van der Waals surface area contributed by atoms with Crippen LogP contribution in [0.2, 0.25) is 0 Å². The number of carbonyl (C=O) groups excluding carboxylic acids is 1. The van der Waals surface area contributed by atoms with Gasteiger partial charge in [0.15, 0.2) is 5.54 Å². The third-order valence-electron chi connectivity index (χ3n) is 8.36. The first kappa shape index (κ1) is 36.8. The Balaban J connectivity index is 4.82. The van der Waals surface area contributed by atoms with Gasteiger partial charge in [-0.2, -0.15) is 0 Å². The highest BCUT2D eigenvalue weighted by molar-refractivity contribution is 5.88. The highest BCUT2D eigenvalue weighted by Crippen LogP contribution is 2.49. The van der Waals surface area contributed by atoms with E-state index in [-0.39, 0.29) is 23.7 Å². The number of nitrogens with zero attached hydrogens (tertiary/aromatic N) is 1. The summed E-state index contributed by atoms with van der Waals surface area (Å²) in [5.74, 6) is -2.75. The van der Waals surface area contributed by atoms with Crippen molar-refractivity contribution in [1.82, 2.24) is 0 Å². The molecule has 0 aliphatic rings. The monoisotopic (exact) mass is 543 g/mol. The zero-order valence-corrected chi connectivity index (χ0v) is 25.6. The number of hydrogen-bond donors (Lipinski definition) is 3. The van der Waals surface area contributed by atoms with Crippen LogP contribution in [0.15, 0.2) is 0 Å². The molecule has 0 aromatic rings. The molecule has 38 heavy (non-hydrogen) atoms. The van der Waals surface area contributed by atoms with Gasteiger partial charge in [-0.15, -0.1) is 0 Å². The molecule has 0 saturated heterocycles. The summed E-state index contributed by atoms with van der Waals surface area (Å²) in [4.78, 5) is 25.6. The highest BCUT2D eigenvalue weighted by Gasteiger charge is 2.65. The van der Waals surface area contributed by atoms with Gasteiger partial charge in [0, 0.05) is 6.42 Å². The van der Waals surface area contributed by atoms with Gasteiger partial charge in [-0.05, 0) is 33.1 Å². The van der Waals surface area contributed by atoms with Crippen LogP contribution in [-0.4, -0.2) is 70.6 Å². The number of unbranched alkanes of at least 4 members (excludes halogenated alkanes) is 15. The van der Waals surface area contributed by atoms with Crippen molar-refractivity contribution in [3.05, 3.63) is 0 Å².